The van der Waals surface area contributed by atoms with Gasteiger partial charge in [0.25, 0.3) is 11.6 Å². The molecule has 0 spiro atoms. The molecule has 0 unspecified atom stereocenters. The van der Waals surface area contributed by atoms with Crippen molar-refractivity contribution in [2.24, 2.45) is 5.41 Å². The van der Waals surface area contributed by atoms with Crippen molar-refractivity contribution in [3.8, 4) is 0 Å². The first-order valence-corrected chi connectivity index (χ1v) is 8.79. The summed E-state index contributed by atoms with van der Waals surface area (Å²) in [6.07, 6.45) is 0. The van der Waals surface area contributed by atoms with Crippen LogP contribution in [-0.2, 0) is 4.79 Å². The van der Waals surface area contributed by atoms with E-state index in [0.717, 1.165) is 11.1 Å². The number of thiophene rings is 1. The zero-order chi connectivity index (χ0) is 19.6. The second-order valence-electron chi connectivity index (χ2n) is 7.04. The maximum absolute atomic E-state index is 12.6. The zero-order valence-corrected chi connectivity index (χ0v) is 16.1. The van der Waals surface area contributed by atoms with Crippen LogP contribution in [0.5, 0.6) is 0 Å². The minimum Gasteiger partial charge on any atom is -0.321 e. The number of nitrogens with zero attached hydrogens (tertiary/aromatic N) is 1. The number of rotatable bonds is 4. The molecule has 2 N–H and O–H groups in total. The van der Waals surface area contributed by atoms with Crippen molar-refractivity contribution in [2.45, 2.75) is 34.6 Å². The molecule has 0 aliphatic carbocycles. The van der Waals surface area contributed by atoms with Gasteiger partial charge in [-0.25, -0.2) is 0 Å². The van der Waals surface area contributed by atoms with Crippen molar-refractivity contribution in [3.63, 3.8) is 0 Å². The highest BCUT2D eigenvalue weighted by molar-refractivity contribution is 7.18. The topological polar surface area (TPSA) is 101 Å². The molecule has 0 aliphatic rings. The summed E-state index contributed by atoms with van der Waals surface area (Å²) in [6.45, 7) is 8.96. The summed E-state index contributed by atoms with van der Waals surface area (Å²) < 4.78 is 0. The molecule has 1 aromatic carbocycles. The fraction of sp³-hybridized carbons (Fsp3) is 0.333. The Hall–Kier alpha value is -2.74. The van der Waals surface area contributed by atoms with Gasteiger partial charge in [-0.15, -0.1) is 11.3 Å². The molecule has 0 bridgehead atoms. The van der Waals surface area contributed by atoms with Gasteiger partial charge < -0.3 is 10.6 Å². The van der Waals surface area contributed by atoms with Crippen LogP contribution in [0.1, 0.15) is 41.6 Å². The molecule has 7 nitrogen and oxygen atoms in total. The number of non-ortho nitro benzene ring substituents is 1. The number of hydrogen-bond donors (Lipinski definition) is 2. The van der Waals surface area contributed by atoms with Crippen molar-refractivity contribution in [1.29, 1.82) is 0 Å². The Morgan fingerprint density at radius 3 is 2.31 bits per heavy atom. The average molecular weight is 375 g/mol. The number of anilines is 2. The standard InChI is InChI=1S/C18H21N3O4S/c1-10-6-7-12(21(24)25)9-13(10)19-16(22)15-11(2)8-14(26-15)20-17(23)18(3,4)5/h6-9H,1-5H3,(H,19,22)(H,20,23). The van der Waals surface area contributed by atoms with E-state index in [9.17, 15) is 19.7 Å². The predicted octanol–water partition coefficient (Wildman–Crippen LogP) is 4.51. The zero-order valence-electron chi connectivity index (χ0n) is 15.3. The highest BCUT2D eigenvalue weighted by Gasteiger charge is 2.23. The maximum Gasteiger partial charge on any atom is 0.271 e. The van der Waals surface area contributed by atoms with E-state index in [1.54, 1.807) is 26.0 Å². The molecule has 0 atom stereocenters. The number of nitro benzene ring substituents is 1. The van der Waals surface area contributed by atoms with E-state index in [0.29, 0.717) is 15.6 Å². The second-order valence-corrected chi connectivity index (χ2v) is 8.09. The molecule has 0 radical (unpaired) electrons. The molecule has 1 heterocycles. The van der Waals surface area contributed by atoms with Gasteiger partial charge in [0.1, 0.15) is 0 Å². The molecule has 1 aromatic heterocycles. The summed E-state index contributed by atoms with van der Waals surface area (Å²) >= 11 is 1.17. The van der Waals surface area contributed by atoms with Gasteiger partial charge in [-0.3, -0.25) is 19.7 Å². The van der Waals surface area contributed by atoms with Crippen molar-refractivity contribution < 1.29 is 14.5 Å². The Kier molecular flexibility index (Phi) is 5.46. The van der Waals surface area contributed by atoms with Crippen molar-refractivity contribution >= 4 is 39.5 Å². The van der Waals surface area contributed by atoms with Crippen LogP contribution in [0.4, 0.5) is 16.4 Å². The van der Waals surface area contributed by atoms with Crippen LogP contribution in [0.15, 0.2) is 24.3 Å². The van der Waals surface area contributed by atoms with E-state index in [2.05, 4.69) is 10.6 Å². The first-order chi connectivity index (χ1) is 12.0. The number of nitrogens with one attached hydrogen (secondary N) is 2. The van der Waals surface area contributed by atoms with Crippen molar-refractivity contribution in [3.05, 3.63) is 50.4 Å². The third kappa shape index (κ3) is 4.45. The van der Waals surface area contributed by atoms with Crippen molar-refractivity contribution in [1.82, 2.24) is 0 Å². The monoisotopic (exact) mass is 375 g/mol. The van der Waals surface area contributed by atoms with Gasteiger partial charge in [0.2, 0.25) is 5.91 Å². The Morgan fingerprint density at radius 1 is 1.08 bits per heavy atom. The fourth-order valence-electron chi connectivity index (χ4n) is 2.11. The maximum atomic E-state index is 12.6. The Labute approximate surface area is 155 Å². The fourth-order valence-corrected chi connectivity index (χ4v) is 3.07. The Morgan fingerprint density at radius 2 is 1.73 bits per heavy atom. The molecule has 138 valence electrons. The van der Waals surface area contributed by atoms with Gasteiger partial charge >= 0.3 is 0 Å². The number of amides is 2. The van der Waals surface area contributed by atoms with E-state index in [-0.39, 0.29) is 17.5 Å². The van der Waals surface area contributed by atoms with Gasteiger partial charge in [-0.1, -0.05) is 26.8 Å². The smallest absolute Gasteiger partial charge is 0.271 e. The van der Waals surface area contributed by atoms with E-state index >= 15 is 0 Å². The van der Waals surface area contributed by atoms with E-state index in [1.807, 2.05) is 20.8 Å². The molecule has 0 saturated heterocycles. The van der Waals surface area contributed by atoms with Gasteiger partial charge in [-0.2, -0.15) is 0 Å². The van der Waals surface area contributed by atoms with E-state index in [4.69, 9.17) is 0 Å². The Bertz CT molecular complexity index is 881. The second kappa shape index (κ2) is 7.25. The highest BCUT2D eigenvalue weighted by atomic mass is 32.1. The summed E-state index contributed by atoms with van der Waals surface area (Å²) in [4.78, 5) is 35.5. The van der Waals surface area contributed by atoms with E-state index in [1.165, 1.54) is 23.5 Å². The lowest BCUT2D eigenvalue weighted by Gasteiger charge is -2.16. The lowest BCUT2D eigenvalue weighted by molar-refractivity contribution is -0.384. The third-order valence-electron chi connectivity index (χ3n) is 3.72. The van der Waals surface area contributed by atoms with Crippen LogP contribution in [-0.4, -0.2) is 16.7 Å². The van der Waals surface area contributed by atoms with Crippen LogP contribution in [0.2, 0.25) is 0 Å². The number of aryl methyl sites for hydroxylation is 2. The minimum atomic E-state index is -0.541. The van der Waals surface area contributed by atoms with E-state index < -0.39 is 10.3 Å². The summed E-state index contributed by atoms with van der Waals surface area (Å²) in [5, 5.41) is 17.0. The largest absolute Gasteiger partial charge is 0.321 e. The minimum absolute atomic E-state index is 0.0908. The predicted molar refractivity (Wildman–Crippen MR) is 103 cm³/mol. The molecular weight excluding hydrogens is 354 g/mol. The SMILES string of the molecule is Cc1ccc([N+](=O)[O-])cc1NC(=O)c1sc(NC(=O)C(C)(C)C)cc1C. The Balaban J connectivity index is 2.22. The molecule has 0 saturated carbocycles. The van der Waals surface area contributed by atoms with Crippen LogP contribution in [0, 0.1) is 29.4 Å². The van der Waals surface area contributed by atoms with Gasteiger partial charge in [-0.05, 0) is 31.0 Å². The van der Waals surface area contributed by atoms with Crippen LogP contribution in [0.25, 0.3) is 0 Å². The van der Waals surface area contributed by atoms with Crippen LogP contribution >= 0.6 is 11.3 Å². The summed E-state index contributed by atoms with van der Waals surface area (Å²) in [5.74, 6) is -0.507. The van der Waals surface area contributed by atoms with Gasteiger partial charge in [0.15, 0.2) is 0 Å². The summed E-state index contributed by atoms with van der Waals surface area (Å²) in [6, 6.07) is 6.05. The summed E-state index contributed by atoms with van der Waals surface area (Å²) in [7, 11) is 0. The first-order valence-electron chi connectivity index (χ1n) is 7.97. The molecule has 0 aliphatic heterocycles. The summed E-state index contributed by atoms with van der Waals surface area (Å²) in [5.41, 5.74) is 1.20. The lowest BCUT2D eigenvalue weighted by Crippen LogP contribution is -2.27. The molecule has 0 fully saturated rings. The number of nitro groups is 1. The van der Waals surface area contributed by atoms with Gasteiger partial charge in [0, 0.05) is 17.5 Å². The molecule has 26 heavy (non-hydrogen) atoms. The first kappa shape index (κ1) is 19.6. The average Bonchev–Trinajstić information content (AvgIpc) is 2.88. The van der Waals surface area contributed by atoms with Crippen molar-refractivity contribution in [2.75, 3.05) is 10.6 Å². The normalized spacial score (nSPS) is 11.1. The third-order valence-corrected chi connectivity index (χ3v) is 4.87. The number of carbonyl (C=O) groups is 2. The molecular formula is C18H21N3O4S. The molecule has 2 amide bonds. The number of carbonyl (C=O) groups excluding carboxylic acids is 2. The quantitative estimate of drug-likeness (QED) is 0.606. The molecule has 2 rings (SSSR count). The van der Waals surface area contributed by atoms with Crippen LogP contribution in [0.3, 0.4) is 0 Å². The molecule has 2 aromatic rings. The lowest BCUT2D eigenvalue weighted by atomic mass is 9.96. The van der Waals surface area contributed by atoms with Gasteiger partial charge in [0.05, 0.1) is 20.5 Å². The highest BCUT2D eigenvalue weighted by Crippen LogP contribution is 2.30. The van der Waals surface area contributed by atoms with Crippen LogP contribution < -0.4 is 10.6 Å². The number of benzene rings is 1. The number of hydrogen-bond acceptors (Lipinski definition) is 5. The molecule has 8 heteroatoms.